The molecule has 1 aromatic heterocycles. The van der Waals surface area contributed by atoms with Crippen molar-refractivity contribution in [3.63, 3.8) is 0 Å². The van der Waals surface area contributed by atoms with Gasteiger partial charge in [-0.25, -0.2) is 4.98 Å². The van der Waals surface area contributed by atoms with Crippen molar-refractivity contribution < 1.29 is 9.53 Å². The number of morpholine rings is 1. The summed E-state index contributed by atoms with van der Waals surface area (Å²) in [6.45, 7) is 7.23. The molecule has 3 rings (SSSR count). The van der Waals surface area contributed by atoms with Gasteiger partial charge < -0.3 is 15.0 Å². The molecular weight excluding hydrogens is 292 g/mol. The van der Waals surface area contributed by atoms with E-state index < -0.39 is 6.10 Å². The molecule has 1 aliphatic heterocycles. The molecule has 124 valence electrons. The van der Waals surface area contributed by atoms with Crippen LogP contribution in [0.2, 0.25) is 0 Å². The Bertz CT molecular complexity index is 636. The van der Waals surface area contributed by atoms with Crippen molar-refractivity contribution in [3.8, 4) is 0 Å². The molecule has 1 fully saturated rings. The highest BCUT2D eigenvalue weighted by Crippen LogP contribution is 2.19. The van der Waals surface area contributed by atoms with Gasteiger partial charge in [0, 0.05) is 13.1 Å². The molecule has 1 amide bonds. The van der Waals surface area contributed by atoms with Crippen LogP contribution in [0, 0.1) is 0 Å². The van der Waals surface area contributed by atoms with Crippen LogP contribution in [0.5, 0.6) is 0 Å². The maximum Gasteiger partial charge on any atom is 0.251 e. The zero-order chi connectivity index (χ0) is 16.2. The van der Waals surface area contributed by atoms with Crippen LogP contribution in [0.1, 0.15) is 32.1 Å². The zero-order valence-electron chi connectivity index (χ0n) is 13.7. The van der Waals surface area contributed by atoms with Crippen LogP contribution in [-0.4, -0.2) is 53.1 Å². The SMILES string of the molecule is CC[C@H](NC(=O)[C@@H]1CN(CC)CCO1)c1nc2ccccc2[nH]1. The monoisotopic (exact) mass is 316 g/mol. The lowest BCUT2D eigenvalue weighted by Gasteiger charge is -2.31. The van der Waals surface area contributed by atoms with Crippen LogP contribution in [0.25, 0.3) is 11.0 Å². The first-order chi connectivity index (χ1) is 11.2. The van der Waals surface area contributed by atoms with Gasteiger partial charge in [0.2, 0.25) is 0 Å². The highest BCUT2D eigenvalue weighted by Gasteiger charge is 2.28. The summed E-state index contributed by atoms with van der Waals surface area (Å²) < 4.78 is 5.63. The summed E-state index contributed by atoms with van der Waals surface area (Å²) in [4.78, 5) is 22.6. The van der Waals surface area contributed by atoms with Gasteiger partial charge in [0.15, 0.2) is 0 Å². The molecule has 2 aromatic rings. The molecule has 6 nitrogen and oxygen atoms in total. The number of para-hydroxylation sites is 2. The number of amides is 1. The average Bonchev–Trinajstić information content (AvgIpc) is 3.03. The maximum absolute atomic E-state index is 12.5. The fourth-order valence-electron chi connectivity index (χ4n) is 2.91. The summed E-state index contributed by atoms with van der Waals surface area (Å²) >= 11 is 0. The van der Waals surface area contributed by atoms with Gasteiger partial charge in [-0.2, -0.15) is 0 Å². The van der Waals surface area contributed by atoms with E-state index in [0.29, 0.717) is 13.2 Å². The molecule has 6 heteroatoms. The largest absolute Gasteiger partial charge is 0.366 e. The van der Waals surface area contributed by atoms with Crippen molar-refractivity contribution in [1.82, 2.24) is 20.2 Å². The van der Waals surface area contributed by atoms with Gasteiger partial charge in [0.1, 0.15) is 11.9 Å². The van der Waals surface area contributed by atoms with Crippen LogP contribution in [0.4, 0.5) is 0 Å². The minimum Gasteiger partial charge on any atom is -0.366 e. The molecular formula is C17H24N4O2. The normalized spacial score (nSPS) is 20.5. The van der Waals surface area contributed by atoms with Gasteiger partial charge in [-0.1, -0.05) is 26.0 Å². The maximum atomic E-state index is 12.5. The van der Waals surface area contributed by atoms with Crippen molar-refractivity contribution in [1.29, 1.82) is 0 Å². The number of hydrogen-bond donors (Lipinski definition) is 2. The van der Waals surface area contributed by atoms with E-state index >= 15 is 0 Å². The Morgan fingerprint density at radius 3 is 3.04 bits per heavy atom. The van der Waals surface area contributed by atoms with E-state index in [1.165, 1.54) is 0 Å². The molecule has 0 bridgehead atoms. The van der Waals surface area contributed by atoms with E-state index in [1.54, 1.807) is 0 Å². The Hall–Kier alpha value is -1.92. The number of rotatable bonds is 5. The molecule has 0 unspecified atom stereocenters. The number of imidazole rings is 1. The molecule has 2 N–H and O–H groups in total. The van der Waals surface area contributed by atoms with Gasteiger partial charge in [-0.3, -0.25) is 9.69 Å². The third kappa shape index (κ3) is 3.54. The Labute approximate surface area is 136 Å². The predicted octanol–water partition coefficient (Wildman–Crippen LogP) is 1.85. The van der Waals surface area contributed by atoms with Crippen molar-refractivity contribution in [2.75, 3.05) is 26.2 Å². The lowest BCUT2D eigenvalue weighted by molar-refractivity contribution is -0.139. The number of fused-ring (bicyclic) bond motifs is 1. The zero-order valence-corrected chi connectivity index (χ0v) is 13.7. The molecule has 1 aromatic carbocycles. The van der Waals surface area contributed by atoms with Crippen LogP contribution in [-0.2, 0) is 9.53 Å². The summed E-state index contributed by atoms with van der Waals surface area (Å²) in [6.07, 6.45) is 0.373. The summed E-state index contributed by atoms with van der Waals surface area (Å²) in [5.41, 5.74) is 1.91. The topological polar surface area (TPSA) is 70.2 Å². The first-order valence-corrected chi connectivity index (χ1v) is 8.30. The second-order valence-corrected chi connectivity index (χ2v) is 5.86. The van der Waals surface area contributed by atoms with Crippen LogP contribution >= 0.6 is 0 Å². The quantitative estimate of drug-likeness (QED) is 0.883. The fraction of sp³-hybridized carbons (Fsp3) is 0.529. The third-order valence-corrected chi connectivity index (χ3v) is 4.35. The summed E-state index contributed by atoms with van der Waals surface area (Å²) in [5, 5.41) is 3.07. The van der Waals surface area contributed by atoms with Crippen molar-refractivity contribution in [2.24, 2.45) is 0 Å². The number of carbonyl (C=O) groups excluding carboxylic acids is 1. The Balaban J connectivity index is 1.70. The highest BCUT2D eigenvalue weighted by atomic mass is 16.5. The molecule has 1 saturated heterocycles. The van der Waals surface area contributed by atoms with E-state index in [1.807, 2.05) is 31.2 Å². The highest BCUT2D eigenvalue weighted by molar-refractivity contribution is 5.82. The van der Waals surface area contributed by atoms with E-state index in [4.69, 9.17) is 4.74 Å². The number of aromatic nitrogens is 2. The molecule has 2 atom stereocenters. The smallest absolute Gasteiger partial charge is 0.251 e. The molecule has 23 heavy (non-hydrogen) atoms. The van der Waals surface area contributed by atoms with Crippen LogP contribution < -0.4 is 5.32 Å². The van der Waals surface area contributed by atoms with Crippen LogP contribution in [0.3, 0.4) is 0 Å². The first kappa shape index (κ1) is 16.0. The van der Waals surface area contributed by atoms with Gasteiger partial charge in [0.25, 0.3) is 5.91 Å². The number of nitrogens with zero attached hydrogens (tertiary/aromatic N) is 2. The number of likely N-dealkylation sites (N-methyl/N-ethyl adjacent to an activating group) is 1. The van der Waals surface area contributed by atoms with E-state index in [9.17, 15) is 4.79 Å². The summed E-state index contributed by atoms with van der Waals surface area (Å²) in [7, 11) is 0. The lowest BCUT2D eigenvalue weighted by atomic mass is 10.2. The average molecular weight is 316 g/mol. The number of hydrogen-bond acceptors (Lipinski definition) is 4. The van der Waals surface area contributed by atoms with Crippen molar-refractivity contribution in [3.05, 3.63) is 30.1 Å². The minimum absolute atomic E-state index is 0.0598. The number of H-pyrrole nitrogens is 1. The number of ether oxygens (including phenoxy) is 1. The van der Waals surface area contributed by atoms with Crippen molar-refractivity contribution >= 4 is 16.9 Å². The number of benzene rings is 1. The van der Waals surface area contributed by atoms with Gasteiger partial charge in [-0.05, 0) is 25.1 Å². The van der Waals surface area contributed by atoms with E-state index in [2.05, 4.69) is 27.1 Å². The summed E-state index contributed by atoms with van der Waals surface area (Å²) in [6, 6.07) is 7.76. The lowest BCUT2D eigenvalue weighted by Crippen LogP contribution is -2.50. The second-order valence-electron chi connectivity index (χ2n) is 5.86. The number of nitrogens with one attached hydrogen (secondary N) is 2. The van der Waals surface area contributed by atoms with Gasteiger partial charge in [0.05, 0.1) is 23.7 Å². The van der Waals surface area contributed by atoms with Gasteiger partial charge >= 0.3 is 0 Å². The van der Waals surface area contributed by atoms with Gasteiger partial charge in [-0.15, -0.1) is 0 Å². The molecule has 0 saturated carbocycles. The molecule has 0 aliphatic carbocycles. The Kier molecular flexibility index (Phi) is 4.93. The predicted molar refractivity (Wildman–Crippen MR) is 89.1 cm³/mol. The Morgan fingerprint density at radius 2 is 2.30 bits per heavy atom. The molecule has 1 aliphatic rings. The molecule has 0 radical (unpaired) electrons. The van der Waals surface area contributed by atoms with E-state index in [-0.39, 0.29) is 11.9 Å². The standard InChI is InChI=1S/C17H24N4O2/c1-3-12(16-18-13-7-5-6-8-14(13)19-16)20-17(22)15-11-21(4-2)9-10-23-15/h5-8,12,15H,3-4,9-11H2,1-2H3,(H,18,19)(H,20,22)/t12-,15-/m0/s1. The van der Waals surface area contributed by atoms with E-state index in [0.717, 1.165) is 36.4 Å². The first-order valence-electron chi connectivity index (χ1n) is 8.30. The second kappa shape index (κ2) is 7.10. The fourth-order valence-corrected chi connectivity index (χ4v) is 2.91. The third-order valence-electron chi connectivity index (χ3n) is 4.35. The van der Waals surface area contributed by atoms with Crippen molar-refractivity contribution in [2.45, 2.75) is 32.4 Å². The van der Waals surface area contributed by atoms with Crippen LogP contribution in [0.15, 0.2) is 24.3 Å². The summed E-state index contributed by atoms with van der Waals surface area (Å²) in [5.74, 6) is 0.737. The molecule has 0 spiro atoms. The number of carbonyl (C=O) groups is 1. The Morgan fingerprint density at radius 1 is 1.48 bits per heavy atom. The number of aromatic amines is 1. The molecule has 2 heterocycles. The minimum atomic E-state index is -0.401.